The number of para-hydroxylation sites is 2. The lowest BCUT2D eigenvalue weighted by molar-refractivity contribution is -0.114. The number of nitrogens with zero attached hydrogens (tertiary/aromatic N) is 3. The van der Waals surface area contributed by atoms with Gasteiger partial charge in [0.25, 0.3) is 17.4 Å². The molecule has 0 saturated heterocycles. The van der Waals surface area contributed by atoms with Crippen LogP contribution in [-0.2, 0) is 16.1 Å². The van der Waals surface area contributed by atoms with Gasteiger partial charge in [-0.2, -0.15) is 0 Å². The molecule has 0 unspecified atom stereocenters. The van der Waals surface area contributed by atoms with Crippen LogP contribution in [0.15, 0.2) is 124 Å². The van der Waals surface area contributed by atoms with Gasteiger partial charge in [0.1, 0.15) is 4.53 Å². The first-order chi connectivity index (χ1) is 22.7. The van der Waals surface area contributed by atoms with Gasteiger partial charge >= 0.3 is 0 Å². The number of allylic oxidation sites excluding steroid dienone is 1. The molecule has 3 heterocycles. The van der Waals surface area contributed by atoms with E-state index in [4.69, 9.17) is 16.6 Å². The summed E-state index contributed by atoms with van der Waals surface area (Å²) < 4.78 is 1.85. The van der Waals surface area contributed by atoms with E-state index < -0.39 is 6.04 Å². The van der Waals surface area contributed by atoms with Crippen LogP contribution in [0.2, 0.25) is 5.02 Å². The molecule has 5 aromatic rings. The van der Waals surface area contributed by atoms with Crippen molar-refractivity contribution in [1.29, 1.82) is 0 Å². The number of benzene rings is 4. The maximum atomic E-state index is 14.6. The monoisotopic (exact) mass is 658 g/mol. The van der Waals surface area contributed by atoms with E-state index in [0.717, 1.165) is 16.7 Å². The van der Waals surface area contributed by atoms with Crippen LogP contribution in [0, 0.1) is 0 Å². The van der Waals surface area contributed by atoms with E-state index in [1.807, 2.05) is 97.1 Å². The minimum atomic E-state index is -0.753. The Morgan fingerprint density at radius 3 is 2.32 bits per heavy atom. The van der Waals surface area contributed by atoms with Gasteiger partial charge in [-0.1, -0.05) is 116 Å². The third-order valence-electron chi connectivity index (χ3n) is 8.63. The fourth-order valence-corrected chi connectivity index (χ4v) is 7.55. The molecule has 2 amide bonds. The lowest BCUT2D eigenvalue weighted by Crippen LogP contribution is -2.41. The van der Waals surface area contributed by atoms with E-state index in [0.29, 0.717) is 49.5 Å². The first-order valence-electron chi connectivity index (χ1n) is 15.4. The van der Waals surface area contributed by atoms with Crippen LogP contribution in [0.5, 0.6) is 0 Å². The van der Waals surface area contributed by atoms with Crippen molar-refractivity contribution in [3.05, 3.63) is 161 Å². The molecule has 0 saturated carbocycles. The summed E-state index contributed by atoms with van der Waals surface area (Å²) in [7, 11) is 0. The number of thiazole rings is 1. The quantitative estimate of drug-likeness (QED) is 0.224. The highest BCUT2D eigenvalue weighted by molar-refractivity contribution is 7.07. The summed E-state index contributed by atoms with van der Waals surface area (Å²) in [5.74, 6) is -0.318. The first-order valence-corrected chi connectivity index (χ1v) is 16.6. The molecular weight excluding hydrogens is 628 g/mol. The molecule has 0 radical (unpaired) electrons. The molecule has 9 heteroatoms. The molecule has 1 aromatic heterocycles. The van der Waals surface area contributed by atoms with Crippen molar-refractivity contribution in [2.24, 2.45) is 4.99 Å². The highest BCUT2D eigenvalue weighted by Gasteiger charge is 2.37. The Morgan fingerprint density at radius 2 is 1.60 bits per heavy atom. The molecule has 7 nitrogen and oxygen atoms in total. The number of nitrogens with one attached hydrogen (secondary N) is 1. The zero-order valence-corrected chi connectivity index (χ0v) is 27.6. The highest BCUT2D eigenvalue weighted by Crippen LogP contribution is 2.37. The Morgan fingerprint density at radius 1 is 0.915 bits per heavy atom. The second-order valence-electron chi connectivity index (χ2n) is 11.9. The number of halogens is 1. The molecule has 1 atom stereocenters. The Balaban J connectivity index is 1.41. The molecular formula is C38H31ClN4O3S. The molecule has 47 heavy (non-hydrogen) atoms. The third kappa shape index (κ3) is 5.43. The van der Waals surface area contributed by atoms with E-state index >= 15 is 0 Å². The van der Waals surface area contributed by atoms with Gasteiger partial charge in [0.05, 0.1) is 35.1 Å². The average molecular weight is 659 g/mol. The number of amides is 2. The second-order valence-corrected chi connectivity index (χ2v) is 13.3. The highest BCUT2D eigenvalue weighted by atomic mass is 35.5. The standard InChI is InChI=1S/C38H31ClN4O3S/c1-22(2)24-17-19-25(20-18-24)33-31(35(44)41-27-12-5-4-6-13-27)23(3)40-38-43(33)37(46)34(47-38)32-28-14-8-10-16-30(28)42(36(32)45)21-26-11-7-9-15-29(26)39/h4-20,22,33H,21H2,1-3H3,(H,41,44)/b34-32+/t33-/m1/s1. The van der Waals surface area contributed by atoms with Crippen molar-refractivity contribution in [3.8, 4) is 0 Å². The summed E-state index contributed by atoms with van der Waals surface area (Å²) in [6.07, 6.45) is 0. The van der Waals surface area contributed by atoms with Crippen LogP contribution in [0.25, 0.3) is 5.57 Å². The van der Waals surface area contributed by atoms with E-state index in [2.05, 4.69) is 19.2 Å². The molecule has 2 aliphatic rings. The summed E-state index contributed by atoms with van der Waals surface area (Å²) in [5.41, 5.74) is 5.56. The van der Waals surface area contributed by atoms with Crippen LogP contribution < -0.4 is 25.1 Å². The number of carbonyl (C=O) groups excluding carboxylic acids is 2. The van der Waals surface area contributed by atoms with Gasteiger partial charge in [-0.3, -0.25) is 19.0 Å². The normalized spacial score (nSPS) is 16.7. The van der Waals surface area contributed by atoms with Gasteiger partial charge in [0, 0.05) is 16.3 Å². The molecule has 2 aliphatic heterocycles. The molecule has 0 spiro atoms. The van der Waals surface area contributed by atoms with Crippen molar-refractivity contribution in [1.82, 2.24) is 4.57 Å². The van der Waals surface area contributed by atoms with Crippen molar-refractivity contribution in [2.45, 2.75) is 39.3 Å². The molecule has 0 aliphatic carbocycles. The molecule has 0 fully saturated rings. The van der Waals surface area contributed by atoms with E-state index in [9.17, 15) is 14.4 Å². The molecule has 234 valence electrons. The number of rotatable bonds is 6. The summed E-state index contributed by atoms with van der Waals surface area (Å²) >= 11 is 7.66. The lowest BCUT2D eigenvalue weighted by atomic mass is 9.93. The fourth-order valence-electron chi connectivity index (χ4n) is 6.21. The Hall–Kier alpha value is -5.05. The van der Waals surface area contributed by atoms with Crippen LogP contribution in [0.3, 0.4) is 0 Å². The lowest BCUT2D eigenvalue weighted by Gasteiger charge is -2.25. The number of carbonyl (C=O) groups is 2. The largest absolute Gasteiger partial charge is 0.322 e. The zero-order valence-electron chi connectivity index (χ0n) is 26.0. The van der Waals surface area contributed by atoms with Gasteiger partial charge in [-0.25, -0.2) is 4.99 Å². The first kappa shape index (κ1) is 30.6. The van der Waals surface area contributed by atoms with Crippen LogP contribution >= 0.6 is 22.9 Å². The Bertz CT molecular complexity index is 2270. The van der Waals surface area contributed by atoms with Crippen molar-refractivity contribution < 1.29 is 9.59 Å². The van der Waals surface area contributed by atoms with Crippen LogP contribution in [-0.4, -0.2) is 16.4 Å². The smallest absolute Gasteiger partial charge is 0.271 e. The van der Waals surface area contributed by atoms with Crippen molar-refractivity contribution >= 4 is 51.7 Å². The Labute approximate surface area is 280 Å². The van der Waals surface area contributed by atoms with Crippen molar-refractivity contribution in [2.75, 3.05) is 10.2 Å². The summed E-state index contributed by atoms with van der Waals surface area (Å²) in [6, 6.07) is 31.3. The minimum Gasteiger partial charge on any atom is -0.322 e. The number of anilines is 2. The minimum absolute atomic E-state index is 0.255. The third-order valence-corrected chi connectivity index (χ3v) is 10.1. The van der Waals surface area contributed by atoms with Gasteiger partial charge in [0.2, 0.25) is 0 Å². The van der Waals surface area contributed by atoms with Gasteiger partial charge in [-0.15, -0.1) is 0 Å². The van der Waals surface area contributed by atoms with Crippen molar-refractivity contribution in [3.63, 3.8) is 0 Å². The van der Waals surface area contributed by atoms with Gasteiger partial charge in [-0.05, 0) is 53.8 Å². The number of hydrogen-bond donors (Lipinski definition) is 1. The average Bonchev–Trinajstić information content (AvgIpc) is 3.53. The predicted octanol–water partition coefficient (Wildman–Crippen LogP) is 6.57. The van der Waals surface area contributed by atoms with E-state index in [-0.39, 0.29) is 28.5 Å². The maximum Gasteiger partial charge on any atom is 0.271 e. The number of aromatic nitrogens is 1. The maximum absolute atomic E-state index is 14.6. The SMILES string of the molecule is CC1=C(C(=O)Nc2ccccc2)[C@@H](c2ccc(C(C)C)cc2)n2c(s/c(=C3/C(=O)N(Cc4ccccc4Cl)c4ccccc43)c2=O)=N1. The van der Waals surface area contributed by atoms with Crippen LogP contribution in [0.1, 0.15) is 55.0 Å². The number of hydrogen-bond acceptors (Lipinski definition) is 5. The molecule has 7 rings (SSSR count). The van der Waals surface area contributed by atoms with Gasteiger partial charge < -0.3 is 10.2 Å². The zero-order chi connectivity index (χ0) is 32.8. The summed E-state index contributed by atoms with van der Waals surface area (Å²) in [5, 5.41) is 3.55. The number of fused-ring (bicyclic) bond motifs is 2. The molecule has 4 aromatic carbocycles. The van der Waals surface area contributed by atoms with E-state index in [1.165, 1.54) is 11.3 Å². The van der Waals surface area contributed by atoms with Gasteiger partial charge in [0.15, 0.2) is 4.80 Å². The van der Waals surface area contributed by atoms with E-state index in [1.54, 1.807) is 22.5 Å². The summed E-state index contributed by atoms with van der Waals surface area (Å²) in [6.45, 7) is 6.28. The topological polar surface area (TPSA) is 83.8 Å². The fraction of sp³-hybridized carbons (Fsp3) is 0.158. The second kappa shape index (κ2) is 12.3. The Kier molecular flexibility index (Phi) is 7.99. The predicted molar refractivity (Wildman–Crippen MR) is 187 cm³/mol. The molecule has 0 bridgehead atoms. The van der Waals surface area contributed by atoms with Crippen LogP contribution in [0.4, 0.5) is 11.4 Å². The summed E-state index contributed by atoms with van der Waals surface area (Å²) in [4.78, 5) is 49.7. The molecule has 1 N–H and O–H groups in total.